The van der Waals surface area contributed by atoms with E-state index < -0.39 is 0 Å². The molecular weight excluding hydrogens is 136 g/mol. The molecule has 0 aliphatic carbocycles. The normalized spacial score (nSPS) is 12.6. The van der Waals surface area contributed by atoms with Crippen LogP contribution in [0.3, 0.4) is 0 Å². The van der Waals surface area contributed by atoms with Crippen LogP contribution in [0.25, 0.3) is 0 Å². The molecule has 0 aromatic heterocycles. The van der Waals surface area contributed by atoms with Gasteiger partial charge in [-0.1, -0.05) is 16.9 Å². The molecule has 0 rings (SSSR count). The van der Waals surface area contributed by atoms with Crippen LogP contribution in [0.5, 0.6) is 0 Å². The highest BCUT2D eigenvalue weighted by molar-refractivity contribution is 8.13. The predicted octanol–water partition coefficient (Wildman–Crippen LogP) is 1.36. The Balaban J connectivity index is 3.81. The summed E-state index contributed by atoms with van der Waals surface area (Å²) < 4.78 is 0. The molecule has 0 spiro atoms. The molecular formula is C5H10N2OS. The molecule has 0 aromatic rings. The lowest BCUT2D eigenvalue weighted by Gasteiger charge is -1.90. The van der Waals surface area contributed by atoms with Crippen molar-refractivity contribution in [1.29, 1.82) is 0 Å². The molecule has 0 fully saturated rings. The Bertz CT molecular complexity index is 122. The molecule has 52 valence electrons. The Kier molecular flexibility index (Phi) is 5.30. The maximum absolute atomic E-state index is 4.50. The van der Waals surface area contributed by atoms with Crippen LogP contribution in [0.1, 0.15) is 6.92 Å². The van der Waals surface area contributed by atoms with Crippen molar-refractivity contribution in [3.05, 3.63) is 0 Å². The topological polar surface area (TPSA) is 34.0 Å². The van der Waals surface area contributed by atoms with E-state index in [2.05, 4.69) is 15.0 Å². The van der Waals surface area contributed by atoms with Crippen LogP contribution >= 0.6 is 11.8 Å². The first-order valence-corrected chi connectivity index (χ1v) is 3.71. The molecule has 0 amide bonds. The van der Waals surface area contributed by atoms with Crippen LogP contribution < -0.4 is 0 Å². The number of aliphatic imine (C=N–C) groups is 1. The lowest BCUT2D eigenvalue weighted by Crippen LogP contribution is -1.86. The molecule has 0 heterocycles. The van der Waals surface area contributed by atoms with Gasteiger partial charge in [0.1, 0.15) is 7.11 Å². The Morgan fingerprint density at radius 2 is 2.33 bits per heavy atom. The van der Waals surface area contributed by atoms with Crippen LogP contribution in [-0.4, -0.2) is 24.7 Å². The van der Waals surface area contributed by atoms with Crippen molar-refractivity contribution in [3.63, 3.8) is 0 Å². The summed E-state index contributed by atoms with van der Waals surface area (Å²) in [5.74, 6) is 0. The highest BCUT2D eigenvalue weighted by Gasteiger charge is 1.88. The van der Waals surface area contributed by atoms with Gasteiger partial charge in [0, 0.05) is 6.21 Å². The molecule has 0 aromatic carbocycles. The second-order valence-corrected chi connectivity index (χ2v) is 1.92. The van der Waals surface area contributed by atoms with E-state index in [1.165, 1.54) is 18.9 Å². The van der Waals surface area contributed by atoms with E-state index in [4.69, 9.17) is 0 Å². The molecule has 0 saturated heterocycles. The average Bonchev–Trinajstić information content (AvgIpc) is 1.88. The third-order valence-electron chi connectivity index (χ3n) is 0.591. The summed E-state index contributed by atoms with van der Waals surface area (Å²) in [5.41, 5.74) is 0. The molecule has 0 unspecified atom stereocenters. The van der Waals surface area contributed by atoms with Crippen molar-refractivity contribution in [2.75, 3.05) is 13.4 Å². The number of hydrogen-bond donors (Lipinski definition) is 0. The molecule has 0 N–H and O–H groups in total. The van der Waals surface area contributed by atoms with Crippen LogP contribution in [0, 0.1) is 0 Å². The Morgan fingerprint density at radius 3 is 2.67 bits per heavy atom. The minimum absolute atomic E-state index is 0.639. The standard InChI is InChI=1S/C5H10N2OS/c1-4-6-5(9-3)7-8-2/h4H,1-3H3/b6-4?,7-5+. The van der Waals surface area contributed by atoms with Gasteiger partial charge in [0.15, 0.2) is 0 Å². The monoisotopic (exact) mass is 146 g/mol. The summed E-state index contributed by atoms with van der Waals surface area (Å²) in [6, 6.07) is 0. The van der Waals surface area contributed by atoms with Gasteiger partial charge in [-0.25, -0.2) is 4.99 Å². The van der Waals surface area contributed by atoms with E-state index in [1.807, 2.05) is 13.2 Å². The fourth-order valence-electron chi connectivity index (χ4n) is 0.302. The summed E-state index contributed by atoms with van der Waals surface area (Å²) in [4.78, 5) is 8.40. The Labute approximate surface area is 59.2 Å². The minimum atomic E-state index is 0.639. The van der Waals surface area contributed by atoms with Crippen molar-refractivity contribution in [3.8, 4) is 0 Å². The average molecular weight is 146 g/mol. The summed E-state index contributed by atoms with van der Waals surface area (Å²) in [7, 11) is 1.50. The van der Waals surface area contributed by atoms with Gasteiger partial charge >= 0.3 is 0 Å². The molecule has 0 bridgehead atoms. The molecule has 0 saturated carbocycles. The molecule has 9 heavy (non-hydrogen) atoms. The molecule has 0 aliphatic rings. The first kappa shape index (κ1) is 8.49. The second-order valence-electron chi connectivity index (χ2n) is 1.15. The van der Waals surface area contributed by atoms with E-state index in [9.17, 15) is 0 Å². The second kappa shape index (κ2) is 5.62. The van der Waals surface area contributed by atoms with Gasteiger partial charge in [0.25, 0.3) is 0 Å². The lowest BCUT2D eigenvalue weighted by molar-refractivity contribution is 0.214. The SMILES string of the molecule is CC=N/C(=N\OC)SC. The zero-order valence-electron chi connectivity index (χ0n) is 5.79. The zero-order chi connectivity index (χ0) is 7.11. The number of hydrogen-bond acceptors (Lipinski definition) is 3. The van der Waals surface area contributed by atoms with Gasteiger partial charge in [0.05, 0.1) is 0 Å². The third-order valence-corrected chi connectivity index (χ3v) is 1.14. The van der Waals surface area contributed by atoms with Crippen LogP contribution in [0.4, 0.5) is 0 Å². The summed E-state index contributed by atoms with van der Waals surface area (Å²) in [5, 5.41) is 4.25. The van der Waals surface area contributed by atoms with Gasteiger partial charge in [0.2, 0.25) is 5.17 Å². The molecule has 4 heteroatoms. The van der Waals surface area contributed by atoms with Gasteiger partial charge in [-0.2, -0.15) is 0 Å². The van der Waals surface area contributed by atoms with Crippen molar-refractivity contribution >= 4 is 23.1 Å². The molecule has 0 radical (unpaired) electrons. The van der Waals surface area contributed by atoms with Crippen molar-refractivity contribution in [2.45, 2.75) is 6.92 Å². The van der Waals surface area contributed by atoms with E-state index >= 15 is 0 Å². The summed E-state index contributed by atoms with van der Waals surface area (Å²) >= 11 is 1.45. The van der Waals surface area contributed by atoms with Gasteiger partial charge in [-0.15, -0.1) is 0 Å². The van der Waals surface area contributed by atoms with Crippen LogP contribution in [0.15, 0.2) is 10.1 Å². The molecule has 3 nitrogen and oxygen atoms in total. The summed E-state index contributed by atoms with van der Waals surface area (Å²) in [6.07, 6.45) is 3.57. The first-order valence-electron chi connectivity index (χ1n) is 2.49. The van der Waals surface area contributed by atoms with Gasteiger partial charge in [-0.3, -0.25) is 0 Å². The van der Waals surface area contributed by atoms with Gasteiger partial charge in [-0.05, 0) is 13.2 Å². The predicted molar refractivity (Wildman–Crippen MR) is 42.1 cm³/mol. The smallest absolute Gasteiger partial charge is 0.225 e. The molecule has 0 atom stereocenters. The van der Waals surface area contributed by atoms with Crippen molar-refractivity contribution in [2.24, 2.45) is 10.1 Å². The first-order chi connectivity index (χ1) is 4.35. The highest BCUT2D eigenvalue weighted by atomic mass is 32.2. The number of oxime groups is 1. The zero-order valence-corrected chi connectivity index (χ0v) is 6.60. The number of thioether (sulfide) groups is 1. The number of nitrogens with zero attached hydrogens (tertiary/aromatic N) is 2. The van der Waals surface area contributed by atoms with Crippen LogP contribution in [-0.2, 0) is 4.84 Å². The van der Waals surface area contributed by atoms with E-state index in [0.717, 1.165) is 0 Å². The van der Waals surface area contributed by atoms with Gasteiger partial charge < -0.3 is 4.84 Å². The van der Waals surface area contributed by atoms with Crippen LogP contribution in [0.2, 0.25) is 0 Å². The van der Waals surface area contributed by atoms with E-state index in [0.29, 0.717) is 5.17 Å². The maximum Gasteiger partial charge on any atom is 0.225 e. The molecule has 0 aliphatic heterocycles. The summed E-state index contributed by atoms with van der Waals surface area (Å²) in [6.45, 7) is 1.83. The van der Waals surface area contributed by atoms with E-state index in [1.54, 1.807) is 6.21 Å². The Morgan fingerprint density at radius 1 is 1.67 bits per heavy atom. The van der Waals surface area contributed by atoms with E-state index in [-0.39, 0.29) is 0 Å². The van der Waals surface area contributed by atoms with Crippen molar-refractivity contribution in [1.82, 2.24) is 0 Å². The lowest BCUT2D eigenvalue weighted by atomic mass is 10.9. The largest absolute Gasteiger partial charge is 0.397 e. The van der Waals surface area contributed by atoms with Crippen molar-refractivity contribution < 1.29 is 4.84 Å². The highest BCUT2D eigenvalue weighted by Crippen LogP contribution is 1.98. The quantitative estimate of drug-likeness (QED) is 0.318. The third kappa shape index (κ3) is 4.02. The number of amidine groups is 1. The minimum Gasteiger partial charge on any atom is -0.397 e. The number of rotatable bonds is 1. The fraction of sp³-hybridized carbons (Fsp3) is 0.600. The fourth-order valence-corrected chi connectivity index (χ4v) is 0.662. The Hall–Kier alpha value is -0.510. The maximum atomic E-state index is 4.50.